The van der Waals surface area contributed by atoms with Crippen LogP contribution in [0, 0.1) is 0 Å². The van der Waals surface area contributed by atoms with Crippen LogP contribution in [0.5, 0.6) is 0 Å². The molecule has 20 heavy (non-hydrogen) atoms. The first-order valence-electron chi connectivity index (χ1n) is 5.97. The maximum atomic E-state index is 11.5. The van der Waals surface area contributed by atoms with Crippen LogP contribution in [0.1, 0.15) is 0 Å². The molecule has 0 spiro atoms. The Morgan fingerprint density at radius 1 is 1.00 bits per heavy atom. The van der Waals surface area contributed by atoms with Gasteiger partial charge in [-0.25, -0.2) is 4.98 Å². The number of aromatic nitrogens is 2. The number of benzene rings is 2. The maximum Gasteiger partial charge on any atom is 0.324 e. The second-order valence-corrected chi connectivity index (χ2v) is 5.92. The molecule has 0 aliphatic carbocycles. The summed E-state index contributed by atoms with van der Waals surface area (Å²) in [6.07, 6.45) is 1.01. The molecule has 0 aliphatic heterocycles. The van der Waals surface area contributed by atoms with Crippen molar-refractivity contribution < 1.29 is 12.7 Å². The first-order chi connectivity index (χ1) is 9.54. The van der Waals surface area contributed by atoms with Crippen molar-refractivity contribution in [3.63, 3.8) is 0 Å². The minimum Gasteiger partial charge on any atom is -0.285 e. The highest BCUT2D eigenvalue weighted by molar-refractivity contribution is 7.86. The summed E-state index contributed by atoms with van der Waals surface area (Å²) in [6, 6.07) is 16.5. The highest BCUT2D eigenvalue weighted by atomic mass is 32.2. The lowest BCUT2D eigenvalue weighted by molar-refractivity contribution is 0.298. The molecule has 0 saturated carbocycles. The van der Waals surface area contributed by atoms with Gasteiger partial charge in [-0.1, -0.05) is 42.5 Å². The van der Waals surface area contributed by atoms with Gasteiger partial charge in [0.1, 0.15) is 5.52 Å². The minimum atomic E-state index is -3.65. The lowest BCUT2D eigenvalue weighted by Crippen LogP contribution is -2.19. The average Bonchev–Trinajstić information content (AvgIpc) is 2.77. The second-order valence-electron chi connectivity index (χ2n) is 4.36. The summed E-state index contributed by atoms with van der Waals surface area (Å²) in [5.41, 5.74) is 2.07. The molecule has 0 amide bonds. The van der Waals surface area contributed by atoms with Crippen LogP contribution in [-0.2, 0) is 10.1 Å². The Kier molecular flexibility index (Phi) is 2.94. The topological polar surface area (TPSA) is 61.2 Å². The molecule has 0 unspecified atom stereocenters. The zero-order valence-corrected chi connectivity index (χ0v) is 11.5. The van der Waals surface area contributed by atoms with E-state index in [4.69, 9.17) is 4.28 Å². The lowest BCUT2D eigenvalue weighted by atomic mass is 10.2. The maximum absolute atomic E-state index is 11.5. The predicted molar refractivity (Wildman–Crippen MR) is 76.6 cm³/mol. The van der Waals surface area contributed by atoms with Gasteiger partial charge in [0.25, 0.3) is 0 Å². The molecule has 102 valence electrons. The van der Waals surface area contributed by atoms with Crippen molar-refractivity contribution in [1.82, 2.24) is 9.71 Å². The Balaban J connectivity index is 2.28. The fourth-order valence-corrected chi connectivity index (χ4v) is 2.41. The van der Waals surface area contributed by atoms with Crippen molar-refractivity contribution in [2.24, 2.45) is 0 Å². The zero-order chi connectivity index (χ0) is 14.2. The van der Waals surface area contributed by atoms with Gasteiger partial charge >= 0.3 is 10.1 Å². The standard InChI is InChI=1S/C14H12N2O3S/c1-20(17,18)19-16-13-10-6-5-9-12(13)15-14(16)11-7-3-2-4-8-11/h2-10H,1H3. The number of nitrogens with zero attached hydrogens (tertiary/aromatic N) is 2. The van der Waals surface area contributed by atoms with E-state index in [1.54, 1.807) is 12.1 Å². The summed E-state index contributed by atoms with van der Waals surface area (Å²) in [6.45, 7) is 0. The van der Waals surface area contributed by atoms with Crippen molar-refractivity contribution in [1.29, 1.82) is 0 Å². The molecule has 0 N–H and O–H groups in total. The molecule has 3 aromatic rings. The predicted octanol–water partition coefficient (Wildman–Crippen LogP) is 2.09. The van der Waals surface area contributed by atoms with Crippen LogP contribution in [0.15, 0.2) is 54.6 Å². The van der Waals surface area contributed by atoms with Gasteiger partial charge in [-0.15, -0.1) is 4.73 Å². The molecule has 6 heteroatoms. The molecule has 0 bridgehead atoms. The molecule has 2 aromatic carbocycles. The number of hydrogen-bond acceptors (Lipinski definition) is 4. The third-order valence-corrected chi connectivity index (χ3v) is 3.18. The van der Waals surface area contributed by atoms with E-state index in [-0.39, 0.29) is 0 Å². The van der Waals surface area contributed by atoms with Crippen LogP contribution in [0.25, 0.3) is 22.4 Å². The highest BCUT2D eigenvalue weighted by Crippen LogP contribution is 2.23. The van der Waals surface area contributed by atoms with Crippen LogP contribution in [0.4, 0.5) is 0 Å². The number of para-hydroxylation sites is 2. The molecular formula is C14H12N2O3S. The van der Waals surface area contributed by atoms with Crippen LogP contribution in [0.2, 0.25) is 0 Å². The molecule has 3 rings (SSSR count). The fraction of sp³-hybridized carbons (Fsp3) is 0.0714. The third-order valence-electron chi connectivity index (χ3n) is 2.76. The number of rotatable bonds is 3. The lowest BCUT2D eigenvalue weighted by Gasteiger charge is -2.08. The van der Waals surface area contributed by atoms with Gasteiger partial charge in [0, 0.05) is 5.56 Å². The van der Waals surface area contributed by atoms with Gasteiger partial charge in [-0.2, -0.15) is 8.42 Å². The van der Waals surface area contributed by atoms with Gasteiger partial charge in [0.05, 0.1) is 11.8 Å². The van der Waals surface area contributed by atoms with E-state index in [0.717, 1.165) is 11.8 Å². The summed E-state index contributed by atoms with van der Waals surface area (Å²) < 4.78 is 29.2. The van der Waals surface area contributed by atoms with Crippen molar-refractivity contribution in [2.75, 3.05) is 6.26 Å². The van der Waals surface area contributed by atoms with Crippen LogP contribution < -0.4 is 4.28 Å². The van der Waals surface area contributed by atoms with Crippen molar-refractivity contribution in [3.05, 3.63) is 54.6 Å². The summed E-state index contributed by atoms with van der Waals surface area (Å²) in [7, 11) is -3.65. The van der Waals surface area contributed by atoms with Crippen molar-refractivity contribution in [3.8, 4) is 11.4 Å². The summed E-state index contributed by atoms with van der Waals surface area (Å²) in [4.78, 5) is 4.44. The molecule has 0 radical (unpaired) electrons. The minimum absolute atomic E-state index is 0.456. The number of hydrogen-bond donors (Lipinski definition) is 0. The summed E-state index contributed by atoms with van der Waals surface area (Å²) in [5.74, 6) is 0.456. The molecule has 0 aliphatic rings. The zero-order valence-electron chi connectivity index (χ0n) is 10.7. The van der Waals surface area contributed by atoms with Crippen molar-refractivity contribution >= 4 is 21.2 Å². The molecule has 0 fully saturated rings. The van der Waals surface area contributed by atoms with Crippen LogP contribution in [-0.4, -0.2) is 24.4 Å². The first kappa shape index (κ1) is 12.7. The molecule has 0 saturated heterocycles. The van der Waals surface area contributed by atoms with Gasteiger partial charge in [0.2, 0.25) is 0 Å². The van der Waals surface area contributed by atoms with E-state index < -0.39 is 10.1 Å². The van der Waals surface area contributed by atoms with Crippen LogP contribution in [0.3, 0.4) is 0 Å². The normalized spacial score (nSPS) is 11.7. The first-order valence-corrected chi connectivity index (χ1v) is 7.79. The van der Waals surface area contributed by atoms with E-state index in [1.165, 1.54) is 4.73 Å². The smallest absolute Gasteiger partial charge is 0.285 e. The largest absolute Gasteiger partial charge is 0.324 e. The molecule has 1 aromatic heterocycles. The van der Waals surface area contributed by atoms with E-state index in [9.17, 15) is 8.42 Å². The monoisotopic (exact) mass is 288 g/mol. The van der Waals surface area contributed by atoms with E-state index >= 15 is 0 Å². The Morgan fingerprint density at radius 2 is 1.65 bits per heavy atom. The van der Waals surface area contributed by atoms with E-state index in [1.807, 2.05) is 42.5 Å². The van der Waals surface area contributed by atoms with Gasteiger partial charge in [-0.05, 0) is 12.1 Å². The fourth-order valence-electron chi connectivity index (χ4n) is 1.98. The SMILES string of the molecule is CS(=O)(=O)On1c(-c2ccccc2)nc2ccccc21. The second kappa shape index (κ2) is 4.64. The summed E-state index contributed by atoms with van der Waals surface area (Å²) in [5, 5.41) is 0. The molecule has 0 atom stereocenters. The van der Waals surface area contributed by atoms with E-state index in [2.05, 4.69) is 4.98 Å². The Labute approximate surface area is 116 Å². The summed E-state index contributed by atoms with van der Waals surface area (Å²) >= 11 is 0. The number of imidazole rings is 1. The van der Waals surface area contributed by atoms with Crippen LogP contribution >= 0.6 is 0 Å². The van der Waals surface area contributed by atoms with Gasteiger partial charge in [-0.3, -0.25) is 4.28 Å². The Bertz CT molecular complexity index is 855. The molecular weight excluding hydrogens is 276 g/mol. The van der Waals surface area contributed by atoms with Gasteiger partial charge < -0.3 is 0 Å². The molecule has 5 nitrogen and oxygen atoms in total. The highest BCUT2D eigenvalue weighted by Gasteiger charge is 2.16. The Morgan fingerprint density at radius 3 is 2.35 bits per heavy atom. The van der Waals surface area contributed by atoms with Crippen molar-refractivity contribution in [2.45, 2.75) is 0 Å². The third kappa shape index (κ3) is 2.37. The average molecular weight is 288 g/mol. The number of fused-ring (bicyclic) bond motifs is 1. The van der Waals surface area contributed by atoms with E-state index in [0.29, 0.717) is 16.9 Å². The Hall–Kier alpha value is -2.34. The van der Waals surface area contributed by atoms with Gasteiger partial charge in [0.15, 0.2) is 5.82 Å². The quantitative estimate of drug-likeness (QED) is 0.740. The molecule has 1 heterocycles.